The highest BCUT2D eigenvalue weighted by molar-refractivity contribution is 5.69. The molecule has 0 spiro atoms. The van der Waals surface area contributed by atoms with Crippen LogP contribution in [0.1, 0.15) is 117 Å². The fourth-order valence-corrected chi connectivity index (χ4v) is 10.6. The maximum atomic E-state index is 11.8. The Hall–Kier alpha value is -0.690. The molecule has 4 fully saturated rings. The number of unbranched alkanes of at least 4 members (excludes halogenated alkanes) is 1. The van der Waals surface area contributed by atoms with Crippen molar-refractivity contribution in [2.75, 3.05) is 46.4 Å². The Balaban J connectivity index is 1.16. The van der Waals surface area contributed by atoms with E-state index in [2.05, 4.69) is 36.7 Å². The van der Waals surface area contributed by atoms with E-state index in [-0.39, 0.29) is 5.97 Å². The molecule has 0 amide bonds. The van der Waals surface area contributed by atoms with E-state index in [0.717, 1.165) is 87.7 Å². The molecule has 4 aliphatic rings. The van der Waals surface area contributed by atoms with Gasteiger partial charge in [0.25, 0.3) is 0 Å². The molecule has 4 saturated carbocycles. The number of nitrogens with one attached hydrogen (secondary N) is 3. The van der Waals surface area contributed by atoms with Crippen LogP contribution in [0.5, 0.6) is 0 Å². The second kappa shape index (κ2) is 15.9. The number of carbonyl (C=O) groups excluding carboxylic acids is 1. The summed E-state index contributed by atoms with van der Waals surface area (Å²) in [5, 5.41) is 11.1. The van der Waals surface area contributed by atoms with Crippen LogP contribution in [0.3, 0.4) is 0 Å². The number of hydrogen-bond donors (Lipinski definition) is 4. The van der Waals surface area contributed by atoms with Crippen LogP contribution in [0.4, 0.5) is 0 Å². The summed E-state index contributed by atoms with van der Waals surface area (Å²) in [5.41, 5.74) is 6.57. The van der Waals surface area contributed by atoms with Crippen molar-refractivity contribution in [1.29, 1.82) is 0 Å². The van der Waals surface area contributed by atoms with Crippen molar-refractivity contribution >= 4 is 5.97 Å². The molecule has 0 aromatic heterocycles. The lowest BCUT2D eigenvalue weighted by atomic mass is 9.44. The average Bonchev–Trinajstić information content (AvgIpc) is 3.33. The lowest BCUT2D eigenvalue weighted by molar-refractivity contribution is -0.141. The van der Waals surface area contributed by atoms with Gasteiger partial charge in [-0.1, -0.05) is 20.8 Å². The standard InChI is InChI=1S/C35H66N4O2/c1-26(9-14-33(40)41-4)30-12-13-31-29-11-10-27-25-28(15-17-34(27,2)32(29)16-18-35(30,31)3)39-24-8-23-38-21-6-5-20-37-22-7-19-36/h26-32,37-39H,5-25,36H2,1-4H3/t26?,27-,28+,29?,30+,31?,32?,34-,35+/m0/s1. The zero-order chi connectivity index (χ0) is 29.3. The van der Waals surface area contributed by atoms with Gasteiger partial charge in [-0.2, -0.15) is 0 Å². The summed E-state index contributed by atoms with van der Waals surface area (Å²) < 4.78 is 4.94. The molecule has 238 valence electrons. The maximum Gasteiger partial charge on any atom is 0.305 e. The molecule has 41 heavy (non-hydrogen) atoms. The minimum absolute atomic E-state index is 0.0398. The van der Waals surface area contributed by atoms with Crippen LogP contribution in [0.2, 0.25) is 0 Å². The van der Waals surface area contributed by atoms with Gasteiger partial charge in [-0.05, 0) is 175 Å². The molecule has 0 saturated heterocycles. The normalized spacial score (nSPS) is 37.2. The first kappa shape index (κ1) is 33.2. The van der Waals surface area contributed by atoms with Crippen LogP contribution in [0, 0.1) is 46.3 Å². The number of carbonyl (C=O) groups is 1. The highest BCUT2D eigenvalue weighted by Gasteiger charge is 2.60. The molecule has 0 aromatic rings. The van der Waals surface area contributed by atoms with E-state index in [0.29, 0.717) is 23.2 Å². The monoisotopic (exact) mass is 575 g/mol. The van der Waals surface area contributed by atoms with Gasteiger partial charge in [-0.15, -0.1) is 0 Å². The van der Waals surface area contributed by atoms with Crippen molar-refractivity contribution in [3.63, 3.8) is 0 Å². The summed E-state index contributed by atoms with van der Waals surface area (Å²) in [6, 6.07) is 0.726. The molecule has 0 bridgehead atoms. The van der Waals surface area contributed by atoms with Crippen molar-refractivity contribution in [3.8, 4) is 0 Å². The van der Waals surface area contributed by atoms with Crippen molar-refractivity contribution < 1.29 is 9.53 Å². The fourth-order valence-electron chi connectivity index (χ4n) is 10.6. The average molecular weight is 575 g/mol. The number of nitrogens with two attached hydrogens (primary N) is 1. The predicted octanol–water partition coefficient (Wildman–Crippen LogP) is 5.89. The minimum Gasteiger partial charge on any atom is -0.469 e. The molecule has 0 aromatic carbocycles. The molecule has 4 rings (SSSR count). The van der Waals surface area contributed by atoms with E-state index in [4.69, 9.17) is 10.5 Å². The summed E-state index contributed by atoms with van der Waals surface area (Å²) in [6.45, 7) is 14.1. The molecule has 6 heteroatoms. The number of hydrogen-bond acceptors (Lipinski definition) is 6. The van der Waals surface area contributed by atoms with Gasteiger partial charge in [0, 0.05) is 12.5 Å². The van der Waals surface area contributed by atoms with Crippen molar-refractivity contribution in [2.24, 2.45) is 52.1 Å². The SMILES string of the molecule is COC(=O)CCC(C)[C@H]1CCC2C3CC[C@H]4C[C@H](NCCCNCCCCNCCCN)CC[C@]4(C)C3CC[C@@]21C. The van der Waals surface area contributed by atoms with Gasteiger partial charge in [-0.25, -0.2) is 0 Å². The third kappa shape index (κ3) is 8.08. The van der Waals surface area contributed by atoms with Crippen molar-refractivity contribution in [2.45, 2.75) is 123 Å². The minimum atomic E-state index is -0.0398. The van der Waals surface area contributed by atoms with Gasteiger partial charge in [0.05, 0.1) is 7.11 Å². The molecule has 0 aliphatic heterocycles. The van der Waals surface area contributed by atoms with Crippen LogP contribution in [0.25, 0.3) is 0 Å². The van der Waals surface area contributed by atoms with E-state index >= 15 is 0 Å². The first-order valence-corrected chi connectivity index (χ1v) is 17.7. The Morgan fingerprint density at radius 1 is 0.854 bits per heavy atom. The lowest BCUT2D eigenvalue weighted by Crippen LogP contribution is -2.55. The van der Waals surface area contributed by atoms with Crippen LogP contribution in [0.15, 0.2) is 0 Å². The Morgan fingerprint density at radius 3 is 2.27 bits per heavy atom. The van der Waals surface area contributed by atoms with Gasteiger partial charge in [0.2, 0.25) is 0 Å². The molecule has 0 radical (unpaired) electrons. The Morgan fingerprint density at radius 2 is 1.54 bits per heavy atom. The summed E-state index contributed by atoms with van der Waals surface area (Å²) in [5.74, 6) is 5.05. The van der Waals surface area contributed by atoms with E-state index in [9.17, 15) is 4.79 Å². The Bertz CT molecular complexity index is 794. The molecular weight excluding hydrogens is 508 g/mol. The molecule has 9 atom stereocenters. The summed E-state index contributed by atoms with van der Waals surface area (Å²) in [6.07, 6.45) is 19.2. The summed E-state index contributed by atoms with van der Waals surface area (Å²) in [7, 11) is 1.52. The van der Waals surface area contributed by atoms with Crippen LogP contribution in [-0.4, -0.2) is 58.4 Å². The number of esters is 1. The highest BCUT2D eigenvalue weighted by atomic mass is 16.5. The molecule has 4 unspecified atom stereocenters. The number of ether oxygens (including phenoxy) is 1. The molecule has 0 heterocycles. The van der Waals surface area contributed by atoms with Crippen LogP contribution >= 0.6 is 0 Å². The van der Waals surface area contributed by atoms with Crippen molar-refractivity contribution in [1.82, 2.24) is 16.0 Å². The summed E-state index contributed by atoms with van der Waals surface area (Å²) in [4.78, 5) is 11.8. The van der Waals surface area contributed by atoms with Gasteiger partial charge < -0.3 is 26.4 Å². The third-order valence-corrected chi connectivity index (χ3v) is 12.9. The van der Waals surface area contributed by atoms with Crippen molar-refractivity contribution in [3.05, 3.63) is 0 Å². The van der Waals surface area contributed by atoms with Gasteiger partial charge in [-0.3, -0.25) is 4.79 Å². The first-order chi connectivity index (χ1) is 19.8. The zero-order valence-corrected chi connectivity index (χ0v) is 27.3. The van der Waals surface area contributed by atoms with E-state index in [1.807, 2.05) is 0 Å². The smallest absolute Gasteiger partial charge is 0.305 e. The quantitative estimate of drug-likeness (QED) is 0.128. The highest BCUT2D eigenvalue weighted by Crippen LogP contribution is 2.68. The number of methoxy groups -OCH3 is 1. The van der Waals surface area contributed by atoms with E-state index < -0.39 is 0 Å². The lowest BCUT2D eigenvalue weighted by Gasteiger charge is -2.61. The molecule has 5 N–H and O–H groups in total. The molecule has 6 nitrogen and oxygen atoms in total. The molecule has 4 aliphatic carbocycles. The topological polar surface area (TPSA) is 88.4 Å². The zero-order valence-electron chi connectivity index (χ0n) is 27.3. The van der Waals surface area contributed by atoms with E-state index in [1.165, 1.54) is 84.2 Å². The Labute approximate surface area is 252 Å². The van der Waals surface area contributed by atoms with Crippen LogP contribution < -0.4 is 21.7 Å². The first-order valence-electron chi connectivity index (χ1n) is 17.7. The van der Waals surface area contributed by atoms with Gasteiger partial charge in [0.1, 0.15) is 0 Å². The second-order valence-corrected chi connectivity index (χ2v) is 15.1. The molecular formula is C35H66N4O2. The Kier molecular flexibility index (Phi) is 12.8. The van der Waals surface area contributed by atoms with Gasteiger partial charge in [0.15, 0.2) is 0 Å². The summed E-state index contributed by atoms with van der Waals surface area (Å²) >= 11 is 0. The third-order valence-electron chi connectivity index (χ3n) is 12.9. The predicted molar refractivity (Wildman–Crippen MR) is 171 cm³/mol. The van der Waals surface area contributed by atoms with E-state index in [1.54, 1.807) is 0 Å². The fraction of sp³-hybridized carbons (Fsp3) is 0.971. The van der Waals surface area contributed by atoms with Gasteiger partial charge >= 0.3 is 5.97 Å². The maximum absolute atomic E-state index is 11.8. The van der Waals surface area contributed by atoms with Crippen LogP contribution in [-0.2, 0) is 9.53 Å². The number of fused-ring (bicyclic) bond motifs is 5. The largest absolute Gasteiger partial charge is 0.469 e. The number of rotatable bonds is 17. The second-order valence-electron chi connectivity index (χ2n) is 15.1.